The van der Waals surface area contributed by atoms with E-state index in [-0.39, 0.29) is 111 Å². The second kappa shape index (κ2) is 11.9. The summed E-state index contributed by atoms with van der Waals surface area (Å²) in [6, 6.07) is 8.66. The average molecular weight is 490 g/mol. The molecule has 0 spiro atoms. The van der Waals surface area contributed by atoms with Crippen molar-refractivity contribution in [2.45, 2.75) is 9.79 Å². The molecule has 146 valence electrons. The first-order chi connectivity index (χ1) is 13.0. The van der Waals surface area contributed by atoms with Crippen LogP contribution in [-0.2, 0) is 20.2 Å². The largest absolute Gasteiger partial charge is 1.00 e. The van der Waals surface area contributed by atoms with Crippen LogP contribution in [0.25, 0.3) is 10.8 Å². The molecule has 31 heavy (non-hydrogen) atoms. The Bertz CT molecular complexity index is 1330. The van der Waals surface area contributed by atoms with Gasteiger partial charge in [-0.15, -0.1) is 5.75 Å². The van der Waals surface area contributed by atoms with Gasteiger partial charge < -0.3 is 14.8 Å². The van der Waals surface area contributed by atoms with E-state index in [1.165, 1.54) is 24.3 Å². The van der Waals surface area contributed by atoms with Crippen LogP contribution in [-0.4, -0.2) is 25.9 Å². The number of benzene rings is 3. The van der Waals surface area contributed by atoms with Crippen LogP contribution in [0.2, 0.25) is 0 Å². The van der Waals surface area contributed by atoms with Gasteiger partial charge in [0.2, 0.25) is 0 Å². The molecule has 3 aromatic rings. The van der Waals surface area contributed by atoms with Crippen molar-refractivity contribution in [2.24, 2.45) is 10.2 Å². The number of rotatable bonds is 4. The summed E-state index contributed by atoms with van der Waals surface area (Å²) < 4.78 is 65.9. The monoisotopic (exact) mass is 490 g/mol. The number of azo groups is 1. The average Bonchev–Trinajstić information content (AvgIpc) is 2.60. The molecule has 0 bridgehead atoms. The number of nitrogens with zero attached hydrogens (tertiary/aromatic N) is 2. The van der Waals surface area contributed by atoms with Crippen LogP contribution in [0.5, 0.6) is 11.5 Å². The molecule has 0 saturated heterocycles. The standard InChI is InChI=1S/C16H12N2O8S2.3Na/c19-11-3-1-10(2-4-11)17-18-15-13-6-5-12(27(21,22)23)7-9(13)8-14(16(15)20)28(24,25)26;;;/h1-8,19-20H,(H,21,22,23)(H,24,25,26);;;/q;3*+1/p-3. The van der Waals surface area contributed by atoms with Crippen LogP contribution in [0.3, 0.4) is 0 Å². The van der Waals surface area contributed by atoms with Gasteiger partial charge in [0.15, 0.2) is 0 Å². The fraction of sp³-hybridized carbons (Fsp3) is 0. The van der Waals surface area contributed by atoms with E-state index in [4.69, 9.17) is 0 Å². The van der Waals surface area contributed by atoms with Gasteiger partial charge in [0.05, 0.1) is 21.2 Å². The quantitative estimate of drug-likeness (QED) is 0.213. The molecule has 0 unspecified atom stereocenters. The molecule has 0 aromatic heterocycles. The van der Waals surface area contributed by atoms with E-state index in [0.29, 0.717) is 0 Å². The molecular formula is C16H9N2Na3O8S2. The predicted molar refractivity (Wildman–Crippen MR) is 91.2 cm³/mol. The van der Waals surface area contributed by atoms with E-state index >= 15 is 0 Å². The Hall–Kier alpha value is -0.0600. The van der Waals surface area contributed by atoms with E-state index < -0.39 is 41.5 Å². The molecule has 0 amide bonds. The molecule has 3 aromatic carbocycles. The summed E-state index contributed by atoms with van der Waals surface area (Å²) in [5.74, 6) is -1.45. The molecule has 3 rings (SSSR count). The van der Waals surface area contributed by atoms with Crippen LogP contribution < -0.4 is 98.9 Å². The molecule has 0 aliphatic rings. The van der Waals surface area contributed by atoms with Crippen LogP contribution in [0, 0.1) is 0 Å². The van der Waals surface area contributed by atoms with Gasteiger partial charge in [-0.05, 0) is 35.7 Å². The molecule has 0 atom stereocenters. The fourth-order valence-electron chi connectivity index (χ4n) is 2.39. The first kappa shape index (κ1) is 30.9. The van der Waals surface area contributed by atoms with Gasteiger partial charge in [-0.25, -0.2) is 8.42 Å². The zero-order valence-electron chi connectivity index (χ0n) is 16.6. The summed E-state index contributed by atoms with van der Waals surface area (Å²) in [5, 5.41) is 30.9. The van der Waals surface area contributed by atoms with Crippen molar-refractivity contribution in [2.75, 3.05) is 0 Å². The minimum Gasteiger partial charge on any atom is -0.872 e. The fourth-order valence-corrected chi connectivity index (χ4v) is 3.50. The van der Waals surface area contributed by atoms with Gasteiger partial charge >= 0.3 is 88.7 Å². The molecule has 15 heteroatoms. The normalized spacial score (nSPS) is 11.4. The Morgan fingerprint density at radius 1 is 0.806 bits per heavy atom. The van der Waals surface area contributed by atoms with Crippen LogP contribution in [0.4, 0.5) is 11.4 Å². The molecule has 0 aliphatic heterocycles. The Morgan fingerprint density at radius 2 is 1.39 bits per heavy atom. The summed E-state index contributed by atoms with van der Waals surface area (Å²) in [6.45, 7) is 0. The third-order valence-corrected chi connectivity index (χ3v) is 5.36. The second-order valence-corrected chi connectivity index (χ2v) is 8.33. The van der Waals surface area contributed by atoms with Crippen molar-refractivity contribution in [1.82, 2.24) is 0 Å². The predicted octanol–water partition coefficient (Wildman–Crippen LogP) is -7.43. The smallest absolute Gasteiger partial charge is 0.872 e. The summed E-state index contributed by atoms with van der Waals surface area (Å²) in [5.41, 5.74) is -0.311. The van der Waals surface area contributed by atoms with Gasteiger partial charge in [0.1, 0.15) is 10.1 Å². The van der Waals surface area contributed by atoms with Gasteiger partial charge in [0.25, 0.3) is 10.1 Å². The summed E-state index contributed by atoms with van der Waals surface area (Å²) >= 11 is 0. The Morgan fingerprint density at radius 3 is 1.90 bits per heavy atom. The molecular weight excluding hydrogens is 481 g/mol. The van der Waals surface area contributed by atoms with E-state index in [1.54, 1.807) is 0 Å². The molecule has 10 nitrogen and oxygen atoms in total. The summed E-state index contributed by atoms with van der Waals surface area (Å²) in [4.78, 5) is -1.71. The number of hydrogen-bond acceptors (Lipinski definition) is 9. The summed E-state index contributed by atoms with van der Waals surface area (Å²) in [6.07, 6.45) is 0. The Balaban J connectivity index is 0.00000300. The van der Waals surface area contributed by atoms with Crippen LogP contribution >= 0.6 is 0 Å². The van der Waals surface area contributed by atoms with Gasteiger partial charge in [0, 0.05) is 5.39 Å². The third-order valence-electron chi connectivity index (χ3n) is 3.67. The van der Waals surface area contributed by atoms with E-state index in [1.807, 2.05) is 0 Å². The molecule has 0 aliphatic carbocycles. The second-order valence-electron chi connectivity index (χ2n) is 5.56. The maximum absolute atomic E-state index is 12.5. The molecule has 0 heterocycles. The van der Waals surface area contributed by atoms with Crippen molar-refractivity contribution in [1.29, 1.82) is 0 Å². The van der Waals surface area contributed by atoms with Crippen molar-refractivity contribution >= 4 is 42.4 Å². The van der Waals surface area contributed by atoms with Crippen molar-refractivity contribution in [3.8, 4) is 11.5 Å². The molecule has 0 saturated carbocycles. The minimum absolute atomic E-state index is 0. The Kier molecular flexibility index (Phi) is 11.9. The van der Waals surface area contributed by atoms with E-state index in [2.05, 4.69) is 10.2 Å². The number of fused-ring (bicyclic) bond motifs is 1. The molecule has 1 N–H and O–H groups in total. The number of hydrogen-bond donors (Lipinski definition) is 1. The SMILES string of the molecule is O=S(=O)([O-])c1ccc2c(N=Nc3ccc([O-])cc3)c([O-])c(S(=O)(=O)O)cc2c1.[Na+].[Na+].[Na+]. The van der Waals surface area contributed by atoms with Gasteiger partial charge in [-0.1, -0.05) is 23.9 Å². The van der Waals surface area contributed by atoms with Crippen LogP contribution in [0.1, 0.15) is 0 Å². The maximum Gasteiger partial charge on any atom is 1.00 e. The molecule has 0 radical (unpaired) electrons. The van der Waals surface area contributed by atoms with E-state index in [0.717, 1.165) is 24.3 Å². The van der Waals surface area contributed by atoms with Crippen LogP contribution in [0.15, 0.2) is 68.6 Å². The van der Waals surface area contributed by atoms with Crippen molar-refractivity contribution < 1.29 is 125 Å². The zero-order valence-corrected chi connectivity index (χ0v) is 24.3. The van der Waals surface area contributed by atoms with Crippen molar-refractivity contribution in [3.05, 3.63) is 48.5 Å². The van der Waals surface area contributed by atoms with Gasteiger partial charge in [-0.3, -0.25) is 4.55 Å². The first-order valence-corrected chi connectivity index (χ1v) is 10.2. The van der Waals surface area contributed by atoms with Gasteiger partial charge in [-0.2, -0.15) is 18.6 Å². The van der Waals surface area contributed by atoms with E-state index in [9.17, 15) is 36.2 Å². The minimum atomic E-state index is -4.97. The topological polar surface area (TPSA) is 182 Å². The molecule has 0 fully saturated rings. The third kappa shape index (κ3) is 7.47. The summed E-state index contributed by atoms with van der Waals surface area (Å²) in [7, 11) is -9.82. The van der Waals surface area contributed by atoms with Crippen molar-refractivity contribution in [3.63, 3.8) is 0 Å². The maximum atomic E-state index is 12.5. The first-order valence-electron chi connectivity index (χ1n) is 7.37. The zero-order chi connectivity index (χ0) is 20.7. The Labute approximate surface area is 244 Å².